The van der Waals surface area contributed by atoms with E-state index in [1.54, 1.807) is 0 Å². The summed E-state index contributed by atoms with van der Waals surface area (Å²) in [7, 11) is 0. The summed E-state index contributed by atoms with van der Waals surface area (Å²) in [5.74, 6) is 1.12. The molecule has 4 aromatic rings. The normalized spacial score (nSPS) is 11.1. The number of aryl methyl sites for hydroxylation is 3. The number of carboxylic acids is 1. The summed E-state index contributed by atoms with van der Waals surface area (Å²) in [6, 6.07) is 20.4. The highest BCUT2D eigenvalue weighted by atomic mass is 79.9. The van der Waals surface area contributed by atoms with E-state index in [-0.39, 0.29) is 6.42 Å². The van der Waals surface area contributed by atoms with Crippen molar-refractivity contribution in [3.63, 3.8) is 0 Å². The molecule has 1 N–H and O–H groups in total. The molecule has 0 atom stereocenters. The van der Waals surface area contributed by atoms with Crippen LogP contribution < -0.4 is 4.74 Å². The minimum absolute atomic E-state index is 0.143. The molecule has 0 bridgehead atoms. The number of carboxylic acid groups (broad SMARTS) is 1. The Bertz CT molecular complexity index is 1300. The first-order valence-corrected chi connectivity index (χ1v) is 11.9. The van der Waals surface area contributed by atoms with Gasteiger partial charge in [0, 0.05) is 22.9 Å². The third-order valence-corrected chi connectivity index (χ3v) is 6.31. The van der Waals surface area contributed by atoms with E-state index in [1.165, 1.54) is 0 Å². The highest BCUT2D eigenvalue weighted by molar-refractivity contribution is 9.10. The topological polar surface area (TPSA) is 64.4 Å². The number of benzene rings is 3. The lowest BCUT2D eigenvalue weighted by atomic mass is 10.0. The Kier molecular flexibility index (Phi) is 7.14. The zero-order valence-corrected chi connectivity index (χ0v) is 20.4. The summed E-state index contributed by atoms with van der Waals surface area (Å²) in [6.07, 6.45) is 1.53. The average molecular weight is 507 g/mol. The van der Waals surface area contributed by atoms with Gasteiger partial charge in [-0.1, -0.05) is 59.3 Å². The van der Waals surface area contributed by atoms with Gasteiger partial charge in [0.15, 0.2) is 0 Å². The summed E-state index contributed by atoms with van der Waals surface area (Å²) in [5.41, 5.74) is 6.41. The Balaban J connectivity index is 1.53. The summed E-state index contributed by atoms with van der Waals surface area (Å²) < 4.78 is 9.51. The van der Waals surface area contributed by atoms with Crippen LogP contribution in [0.2, 0.25) is 0 Å². The third kappa shape index (κ3) is 5.45. The van der Waals surface area contributed by atoms with Crippen LogP contribution in [-0.2, 0) is 30.8 Å². The molecule has 1 aromatic heterocycles. The molecule has 0 aliphatic heterocycles. The lowest BCUT2D eigenvalue weighted by Crippen LogP contribution is -2.07. The number of aromatic nitrogens is 2. The van der Waals surface area contributed by atoms with Crippen LogP contribution in [0.25, 0.3) is 11.0 Å². The van der Waals surface area contributed by atoms with Gasteiger partial charge >= 0.3 is 5.97 Å². The molecular formula is C27H27BrN2O3. The first-order chi connectivity index (χ1) is 15.9. The molecule has 0 fully saturated rings. The number of imidazole rings is 1. The van der Waals surface area contributed by atoms with E-state index >= 15 is 0 Å². The number of nitrogens with zero attached hydrogens (tertiary/aromatic N) is 2. The molecule has 0 amide bonds. The van der Waals surface area contributed by atoms with E-state index in [1.807, 2.05) is 43.3 Å². The number of para-hydroxylation sites is 1. The van der Waals surface area contributed by atoms with E-state index in [0.29, 0.717) is 19.6 Å². The standard InChI is InChI=1S/C27H27BrN2O3/c1-3-26-29-23-15-22(28)11-12-24(23)30(26)16-21-6-4-5-7-25(21)33-17-19-8-9-20(18(2)14-19)10-13-27(31)32/h4-9,11-12,14-15H,3,10,13,16-17H2,1-2H3,(H,31,32). The second kappa shape index (κ2) is 10.2. The molecule has 6 heteroatoms. The highest BCUT2D eigenvalue weighted by Crippen LogP contribution is 2.26. The fourth-order valence-electron chi connectivity index (χ4n) is 4.08. The molecule has 0 saturated carbocycles. The number of carbonyl (C=O) groups is 1. The molecule has 4 rings (SSSR count). The Morgan fingerprint density at radius 2 is 1.91 bits per heavy atom. The fraction of sp³-hybridized carbons (Fsp3) is 0.259. The zero-order valence-electron chi connectivity index (χ0n) is 18.8. The second-order valence-electron chi connectivity index (χ2n) is 8.15. The van der Waals surface area contributed by atoms with Crippen molar-refractivity contribution in [2.75, 3.05) is 0 Å². The number of hydrogen-bond donors (Lipinski definition) is 1. The highest BCUT2D eigenvalue weighted by Gasteiger charge is 2.13. The maximum Gasteiger partial charge on any atom is 0.303 e. The predicted octanol–water partition coefficient (Wildman–Crippen LogP) is 6.31. The van der Waals surface area contributed by atoms with Crippen molar-refractivity contribution in [1.29, 1.82) is 0 Å². The molecule has 5 nitrogen and oxygen atoms in total. The Morgan fingerprint density at radius 1 is 1.09 bits per heavy atom. The van der Waals surface area contributed by atoms with Gasteiger partial charge in [-0.2, -0.15) is 0 Å². The Morgan fingerprint density at radius 3 is 2.67 bits per heavy atom. The van der Waals surface area contributed by atoms with Gasteiger partial charge in [0.2, 0.25) is 0 Å². The van der Waals surface area contributed by atoms with Crippen LogP contribution in [0, 0.1) is 6.92 Å². The van der Waals surface area contributed by atoms with Gasteiger partial charge in [-0.15, -0.1) is 0 Å². The Labute approximate surface area is 202 Å². The van der Waals surface area contributed by atoms with E-state index in [2.05, 4.69) is 51.7 Å². The number of aliphatic carboxylic acids is 1. The number of hydrogen-bond acceptors (Lipinski definition) is 3. The third-order valence-electron chi connectivity index (χ3n) is 5.82. The molecule has 0 radical (unpaired) electrons. The zero-order chi connectivity index (χ0) is 23.4. The van der Waals surface area contributed by atoms with Crippen LogP contribution >= 0.6 is 15.9 Å². The second-order valence-corrected chi connectivity index (χ2v) is 9.07. The van der Waals surface area contributed by atoms with Crippen LogP contribution in [0.3, 0.4) is 0 Å². The van der Waals surface area contributed by atoms with Crippen LogP contribution in [0.5, 0.6) is 5.75 Å². The molecule has 0 spiro atoms. The molecule has 0 saturated heterocycles. The molecule has 33 heavy (non-hydrogen) atoms. The largest absolute Gasteiger partial charge is 0.489 e. The van der Waals surface area contributed by atoms with E-state index in [0.717, 1.165) is 55.8 Å². The van der Waals surface area contributed by atoms with Crippen molar-refractivity contribution < 1.29 is 14.6 Å². The number of halogens is 1. The van der Waals surface area contributed by atoms with Gasteiger partial charge in [-0.3, -0.25) is 4.79 Å². The van der Waals surface area contributed by atoms with E-state index in [9.17, 15) is 4.79 Å². The predicted molar refractivity (Wildman–Crippen MR) is 134 cm³/mol. The smallest absolute Gasteiger partial charge is 0.303 e. The first-order valence-electron chi connectivity index (χ1n) is 11.1. The van der Waals surface area contributed by atoms with E-state index < -0.39 is 5.97 Å². The summed E-state index contributed by atoms with van der Waals surface area (Å²) in [6.45, 7) is 5.28. The number of fused-ring (bicyclic) bond motifs is 1. The van der Waals surface area contributed by atoms with Gasteiger partial charge < -0.3 is 14.4 Å². The van der Waals surface area contributed by atoms with Crippen molar-refractivity contribution in [2.45, 2.75) is 46.3 Å². The molecular weight excluding hydrogens is 480 g/mol. The van der Waals surface area contributed by atoms with E-state index in [4.69, 9.17) is 14.8 Å². The molecule has 170 valence electrons. The van der Waals surface area contributed by atoms with Crippen LogP contribution in [0.1, 0.15) is 41.4 Å². The van der Waals surface area contributed by atoms with Crippen LogP contribution in [-0.4, -0.2) is 20.6 Å². The van der Waals surface area contributed by atoms with Gasteiger partial charge in [0.1, 0.15) is 18.2 Å². The van der Waals surface area contributed by atoms with Gasteiger partial charge in [0.25, 0.3) is 0 Å². The average Bonchev–Trinajstić information content (AvgIpc) is 3.14. The van der Waals surface area contributed by atoms with Gasteiger partial charge in [-0.05, 0) is 54.3 Å². The summed E-state index contributed by atoms with van der Waals surface area (Å²) >= 11 is 3.54. The summed E-state index contributed by atoms with van der Waals surface area (Å²) in [5, 5.41) is 8.92. The number of rotatable bonds is 9. The van der Waals surface area contributed by atoms with Crippen molar-refractivity contribution in [3.05, 3.63) is 93.2 Å². The summed E-state index contributed by atoms with van der Waals surface area (Å²) in [4.78, 5) is 15.7. The first kappa shape index (κ1) is 23.1. The van der Waals surface area contributed by atoms with Crippen LogP contribution in [0.15, 0.2) is 65.1 Å². The minimum Gasteiger partial charge on any atom is -0.489 e. The maximum absolute atomic E-state index is 10.9. The number of ether oxygens (including phenoxy) is 1. The SMILES string of the molecule is CCc1nc2cc(Br)ccc2n1Cc1ccccc1OCc1ccc(CCC(=O)O)c(C)c1. The molecule has 1 heterocycles. The molecule has 0 aliphatic carbocycles. The minimum atomic E-state index is -0.775. The Hall–Kier alpha value is -3.12. The quantitative estimate of drug-likeness (QED) is 0.288. The van der Waals surface area contributed by atoms with Gasteiger partial charge in [-0.25, -0.2) is 4.98 Å². The lowest BCUT2D eigenvalue weighted by molar-refractivity contribution is -0.136. The van der Waals surface area contributed by atoms with Gasteiger partial charge in [0.05, 0.1) is 17.6 Å². The molecule has 3 aromatic carbocycles. The lowest BCUT2D eigenvalue weighted by Gasteiger charge is -2.15. The maximum atomic E-state index is 10.9. The van der Waals surface area contributed by atoms with Crippen molar-refractivity contribution >= 4 is 32.9 Å². The van der Waals surface area contributed by atoms with Crippen molar-refractivity contribution in [2.24, 2.45) is 0 Å². The van der Waals surface area contributed by atoms with Crippen LogP contribution in [0.4, 0.5) is 0 Å². The molecule has 0 unspecified atom stereocenters. The monoisotopic (exact) mass is 506 g/mol. The molecule has 0 aliphatic rings. The van der Waals surface area contributed by atoms with Crippen molar-refractivity contribution in [1.82, 2.24) is 9.55 Å². The van der Waals surface area contributed by atoms with Crippen molar-refractivity contribution in [3.8, 4) is 5.75 Å². The fourth-order valence-corrected chi connectivity index (χ4v) is 4.42.